The minimum Gasteiger partial charge on any atom is -0.476 e. The molecule has 3 aromatic carbocycles. The fraction of sp³-hybridized carbons (Fsp3) is 0.321. The molecule has 1 heterocycles. The summed E-state index contributed by atoms with van der Waals surface area (Å²) in [5, 5.41) is 3.03. The van der Waals surface area contributed by atoms with Gasteiger partial charge in [-0.25, -0.2) is 8.42 Å². The molecule has 3 aromatic rings. The standard InChI is InChI=1S/C28H30N2O4S/c1-18-7-12-24(13-8-18)35(32,33)30-17-27(34-26-14-9-19(2)15-25(26)30)28(31)29-20(3)22-11-10-21-5-4-6-23(21)16-22/h7-16,20,27H,4-6,17H2,1-3H3,(H,29,31)/t20-,27-/m1/s1. The molecule has 7 heteroatoms. The summed E-state index contributed by atoms with van der Waals surface area (Å²) in [6.07, 6.45) is 2.37. The maximum atomic E-state index is 13.6. The summed E-state index contributed by atoms with van der Waals surface area (Å²) in [5.74, 6) is 0.0381. The highest BCUT2D eigenvalue weighted by atomic mass is 32.2. The van der Waals surface area contributed by atoms with Crippen LogP contribution in [0.4, 0.5) is 5.69 Å². The lowest BCUT2D eigenvalue weighted by Crippen LogP contribution is -2.51. The van der Waals surface area contributed by atoms with Crippen LogP contribution in [0.1, 0.15) is 47.2 Å². The molecule has 1 aliphatic carbocycles. The van der Waals surface area contributed by atoms with E-state index in [1.165, 1.54) is 21.9 Å². The second kappa shape index (κ2) is 9.04. The lowest BCUT2D eigenvalue weighted by atomic mass is 10.0. The summed E-state index contributed by atoms with van der Waals surface area (Å²) < 4.78 is 34.6. The number of carbonyl (C=O) groups excluding carboxylic acids is 1. The second-order valence-corrected chi connectivity index (χ2v) is 11.4. The molecular formula is C28H30N2O4S. The average Bonchev–Trinajstić information content (AvgIpc) is 3.31. The van der Waals surface area contributed by atoms with Crippen molar-refractivity contribution in [2.75, 3.05) is 10.8 Å². The van der Waals surface area contributed by atoms with E-state index < -0.39 is 16.1 Å². The SMILES string of the molecule is Cc1ccc(S(=O)(=O)N2C[C@H](C(=O)N[C@H](C)c3ccc4c(c3)CCC4)Oc3ccc(C)cc32)cc1. The van der Waals surface area contributed by atoms with E-state index in [2.05, 4.69) is 23.5 Å². The van der Waals surface area contributed by atoms with Crippen molar-refractivity contribution in [3.63, 3.8) is 0 Å². The quantitative estimate of drug-likeness (QED) is 0.566. The van der Waals surface area contributed by atoms with Gasteiger partial charge in [0.1, 0.15) is 5.75 Å². The van der Waals surface area contributed by atoms with Gasteiger partial charge >= 0.3 is 0 Å². The summed E-state index contributed by atoms with van der Waals surface area (Å²) >= 11 is 0. The highest BCUT2D eigenvalue weighted by Crippen LogP contribution is 2.38. The minimum absolute atomic E-state index is 0.102. The second-order valence-electron chi connectivity index (χ2n) is 9.54. The van der Waals surface area contributed by atoms with Crippen molar-refractivity contribution in [3.8, 4) is 5.75 Å². The number of hydrogen-bond acceptors (Lipinski definition) is 4. The van der Waals surface area contributed by atoms with Gasteiger partial charge in [-0.05, 0) is 86.6 Å². The zero-order valence-electron chi connectivity index (χ0n) is 20.2. The van der Waals surface area contributed by atoms with Crippen LogP contribution in [-0.2, 0) is 27.7 Å². The molecule has 0 unspecified atom stereocenters. The van der Waals surface area contributed by atoms with Crippen LogP contribution in [0.3, 0.4) is 0 Å². The summed E-state index contributed by atoms with van der Waals surface area (Å²) in [6, 6.07) is 18.2. The molecule has 5 rings (SSSR count). The van der Waals surface area contributed by atoms with Gasteiger partial charge in [0.15, 0.2) is 6.10 Å². The van der Waals surface area contributed by atoms with Crippen LogP contribution in [-0.4, -0.2) is 27.0 Å². The fourth-order valence-corrected chi connectivity index (χ4v) is 6.28. The van der Waals surface area contributed by atoms with Crippen molar-refractivity contribution < 1.29 is 17.9 Å². The number of amides is 1. The third kappa shape index (κ3) is 4.52. The molecular weight excluding hydrogens is 460 g/mol. The predicted octanol–water partition coefficient (Wildman–Crippen LogP) is 4.63. The van der Waals surface area contributed by atoms with Crippen LogP contribution < -0.4 is 14.4 Å². The monoisotopic (exact) mass is 490 g/mol. The van der Waals surface area contributed by atoms with E-state index in [1.807, 2.05) is 26.8 Å². The van der Waals surface area contributed by atoms with Gasteiger partial charge in [-0.2, -0.15) is 0 Å². The Bertz CT molecular complexity index is 1380. The van der Waals surface area contributed by atoms with E-state index in [0.29, 0.717) is 11.4 Å². The van der Waals surface area contributed by atoms with Crippen LogP contribution in [0.5, 0.6) is 5.75 Å². The Morgan fingerprint density at radius 1 is 0.971 bits per heavy atom. The van der Waals surface area contributed by atoms with Crippen LogP contribution in [0.15, 0.2) is 65.6 Å². The van der Waals surface area contributed by atoms with Crippen LogP contribution in [0.2, 0.25) is 0 Å². The van der Waals surface area contributed by atoms with Crippen LogP contribution in [0.25, 0.3) is 0 Å². The lowest BCUT2D eigenvalue weighted by molar-refractivity contribution is -0.128. The molecule has 1 amide bonds. The maximum absolute atomic E-state index is 13.6. The smallest absolute Gasteiger partial charge is 0.264 e. The molecule has 0 fully saturated rings. The predicted molar refractivity (Wildman–Crippen MR) is 136 cm³/mol. The summed E-state index contributed by atoms with van der Waals surface area (Å²) in [4.78, 5) is 13.5. The Morgan fingerprint density at radius 3 is 2.46 bits per heavy atom. The zero-order chi connectivity index (χ0) is 24.7. The van der Waals surface area contributed by atoms with Crippen LogP contribution in [0, 0.1) is 13.8 Å². The van der Waals surface area contributed by atoms with Gasteiger partial charge in [-0.15, -0.1) is 0 Å². The number of ether oxygens (including phenoxy) is 1. The third-order valence-electron chi connectivity index (χ3n) is 6.87. The van der Waals surface area contributed by atoms with Gasteiger partial charge < -0.3 is 10.1 Å². The molecule has 2 aliphatic rings. The normalized spacial score (nSPS) is 17.8. The van der Waals surface area contributed by atoms with Crippen LogP contribution >= 0.6 is 0 Å². The number of nitrogens with zero attached hydrogens (tertiary/aromatic N) is 1. The van der Waals surface area contributed by atoms with Crippen molar-refractivity contribution >= 4 is 21.6 Å². The highest BCUT2D eigenvalue weighted by molar-refractivity contribution is 7.92. The summed E-state index contributed by atoms with van der Waals surface area (Å²) in [7, 11) is -3.89. The number of aryl methyl sites for hydroxylation is 4. The molecule has 0 saturated heterocycles. The average molecular weight is 491 g/mol. The molecule has 6 nitrogen and oxygen atoms in total. The molecule has 35 heavy (non-hydrogen) atoms. The number of rotatable bonds is 5. The lowest BCUT2D eigenvalue weighted by Gasteiger charge is -2.35. The number of carbonyl (C=O) groups is 1. The number of anilines is 1. The first-order valence-electron chi connectivity index (χ1n) is 12.0. The van der Waals surface area contributed by atoms with Gasteiger partial charge in [0.25, 0.3) is 15.9 Å². The maximum Gasteiger partial charge on any atom is 0.264 e. The zero-order valence-corrected chi connectivity index (χ0v) is 21.1. The van der Waals surface area contributed by atoms with Gasteiger partial charge in [-0.1, -0.05) is 42.0 Å². The van der Waals surface area contributed by atoms with E-state index in [1.54, 1.807) is 36.4 Å². The molecule has 0 spiro atoms. The highest BCUT2D eigenvalue weighted by Gasteiger charge is 2.38. The fourth-order valence-electron chi connectivity index (χ4n) is 4.81. The molecule has 0 bridgehead atoms. The Hall–Kier alpha value is -3.32. The van der Waals surface area contributed by atoms with Gasteiger partial charge in [-0.3, -0.25) is 9.10 Å². The number of benzene rings is 3. The Kier molecular flexibility index (Phi) is 6.05. The third-order valence-corrected chi connectivity index (χ3v) is 8.66. The number of nitrogens with one attached hydrogen (secondary N) is 1. The molecule has 1 aliphatic heterocycles. The Labute approximate surface area is 207 Å². The van der Waals surface area contributed by atoms with Crippen molar-refractivity contribution in [3.05, 3.63) is 88.5 Å². The van der Waals surface area contributed by atoms with E-state index in [9.17, 15) is 13.2 Å². The molecule has 0 radical (unpaired) electrons. The number of sulfonamides is 1. The first-order valence-corrected chi connectivity index (χ1v) is 13.5. The van der Waals surface area contributed by atoms with E-state index >= 15 is 0 Å². The first kappa shape index (κ1) is 23.4. The Balaban J connectivity index is 1.42. The Morgan fingerprint density at radius 2 is 1.69 bits per heavy atom. The first-order chi connectivity index (χ1) is 16.7. The summed E-state index contributed by atoms with van der Waals surface area (Å²) in [5.41, 5.74) is 6.09. The van der Waals surface area contributed by atoms with E-state index in [0.717, 1.165) is 29.5 Å². The topological polar surface area (TPSA) is 75.7 Å². The number of hydrogen-bond donors (Lipinski definition) is 1. The molecule has 2 atom stereocenters. The van der Waals surface area contributed by atoms with Gasteiger partial charge in [0.2, 0.25) is 0 Å². The molecule has 182 valence electrons. The van der Waals surface area contributed by atoms with Crippen molar-refractivity contribution in [1.29, 1.82) is 0 Å². The minimum atomic E-state index is -3.89. The largest absolute Gasteiger partial charge is 0.476 e. The van der Waals surface area contributed by atoms with Crippen molar-refractivity contribution in [2.24, 2.45) is 0 Å². The van der Waals surface area contributed by atoms with E-state index in [-0.39, 0.29) is 23.4 Å². The van der Waals surface area contributed by atoms with E-state index in [4.69, 9.17) is 4.74 Å². The molecule has 0 aromatic heterocycles. The van der Waals surface area contributed by atoms with Crippen molar-refractivity contribution in [1.82, 2.24) is 5.32 Å². The molecule has 0 saturated carbocycles. The van der Waals surface area contributed by atoms with Gasteiger partial charge in [0, 0.05) is 0 Å². The number of fused-ring (bicyclic) bond motifs is 2. The van der Waals surface area contributed by atoms with Crippen molar-refractivity contribution in [2.45, 2.75) is 57.1 Å². The summed E-state index contributed by atoms with van der Waals surface area (Å²) in [6.45, 7) is 5.64. The van der Waals surface area contributed by atoms with Gasteiger partial charge in [0.05, 0.1) is 23.2 Å². The molecule has 1 N–H and O–H groups in total.